The van der Waals surface area contributed by atoms with Gasteiger partial charge in [-0.2, -0.15) is 0 Å². The first-order chi connectivity index (χ1) is 16.7. The van der Waals surface area contributed by atoms with Crippen LogP contribution in [-0.2, 0) is 9.59 Å². The molecule has 178 valence electrons. The van der Waals surface area contributed by atoms with E-state index >= 15 is 0 Å². The molecule has 3 amide bonds. The predicted octanol–water partition coefficient (Wildman–Crippen LogP) is 5.09. The number of rotatable bonds is 6. The van der Waals surface area contributed by atoms with Crippen molar-refractivity contribution in [1.29, 1.82) is 0 Å². The highest BCUT2D eigenvalue weighted by Gasteiger charge is 2.45. The van der Waals surface area contributed by atoms with Crippen molar-refractivity contribution in [2.75, 3.05) is 10.2 Å². The highest BCUT2D eigenvalue weighted by molar-refractivity contribution is 9.10. The lowest BCUT2D eigenvalue weighted by Gasteiger charge is -2.24. The summed E-state index contributed by atoms with van der Waals surface area (Å²) in [5, 5.41) is 4.62. The van der Waals surface area contributed by atoms with Gasteiger partial charge in [-0.3, -0.25) is 24.7 Å². The molecular weight excluding hydrogens is 552 g/mol. The third-order valence-corrected chi connectivity index (χ3v) is 6.71. The van der Waals surface area contributed by atoms with Crippen LogP contribution in [0.5, 0.6) is 0 Å². The van der Waals surface area contributed by atoms with Gasteiger partial charge < -0.3 is 5.32 Å². The van der Waals surface area contributed by atoms with Gasteiger partial charge in [0, 0.05) is 20.7 Å². The van der Waals surface area contributed by atoms with E-state index in [0.717, 1.165) is 10.0 Å². The van der Waals surface area contributed by atoms with Crippen LogP contribution < -0.4 is 15.6 Å². The molecule has 0 saturated carbocycles. The van der Waals surface area contributed by atoms with Gasteiger partial charge in [0.05, 0.1) is 12.1 Å². The number of hydrogen-bond donors (Lipinski definition) is 2. The number of nitrogens with zero attached hydrogens (tertiary/aromatic N) is 2. The summed E-state index contributed by atoms with van der Waals surface area (Å²) in [7, 11) is 0. The molecule has 0 aromatic heterocycles. The van der Waals surface area contributed by atoms with Crippen molar-refractivity contribution in [3.8, 4) is 0 Å². The largest absolute Gasteiger partial charge is 0.326 e. The van der Waals surface area contributed by atoms with Crippen molar-refractivity contribution in [3.05, 3.63) is 93.4 Å². The summed E-state index contributed by atoms with van der Waals surface area (Å²) in [5.74, 6) is -1.31. The molecule has 0 bridgehead atoms. The number of nitrogens with one attached hydrogen (secondary N) is 2. The van der Waals surface area contributed by atoms with Crippen molar-refractivity contribution in [1.82, 2.24) is 10.4 Å². The van der Waals surface area contributed by atoms with Gasteiger partial charge in [-0.1, -0.05) is 51.8 Å². The maximum Gasteiger partial charge on any atom is 0.269 e. The van der Waals surface area contributed by atoms with Gasteiger partial charge in [0.2, 0.25) is 11.0 Å². The fourth-order valence-electron chi connectivity index (χ4n) is 3.55. The fraction of sp³-hybridized carbons (Fsp3) is 0.120. The maximum atomic E-state index is 13.4. The molecule has 1 aliphatic rings. The Labute approximate surface area is 221 Å². The van der Waals surface area contributed by atoms with Crippen molar-refractivity contribution in [3.63, 3.8) is 0 Å². The van der Waals surface area contributed by atoms with Crippen molar-refractivity contribution in [2.24, 2.45) is 0 Å². The molecular formula is C25H20BrClN4O3S. The molecule has 1 atom stereocenters. The fourth-order valence-corrected chi connectivity index (χ4v) is 4.36. The first kappa shape index (κ1) is 24.8. The Morgan fingerprint density at radius 3 is 2.40 bits per heavy atom. The number of hydrogen-bond acceptors (Lipinski definition) is 4. The molecule has 0 aliphatic carbocycles. The number of benzene rings is 3. The monoisotopic (exact) mass is 570 g/mol. The first-order valence-corrected chi connectivity index (χ1v) is 12.2. The van der Waals surface area contributed by atoms with E-state index in [1.807, 2.05) is 13.0 Å². The summed E-state index contributed by atoms with van der Waals surface area (Å²) in [6.45, 7) is 1.86. The second-order valence-corrected chi connectivity index (χ2v) is 9.53. The number of hydrazine groups is 1. The Morgan fingerprint density at radius 1 is 1.06 bits per heavy atom. The third kappa shape index (κ3) is 5.53. The van der Waals surface area contributed by atoms with E-state index in [0.29, 0.717) is 22.0 Å². The lowest BCUT2D eigenvalue weighted by Crippen LogP contribution is -2.49. The average molecular weight is 572 g/mol. The number of thiocarbonyl (C=S) groups is 1. The van der Waals surface area contributed by atoms with E-state index in [2.05, 4.69) is 26.7 Å². The molecule has 1 saturated heterocycles. The minimum atomic E-state index is -1.04. The van der Waals surface area contributed by atoms with Crippen molar-refractivity contribution in [2.45, 2.75) is 19.4 Å². The van der Waals surface area contributed by atoms with Gasteiger partial charge in [0.1, 0.15) is 6.04 Å². The summed E-state index contributed by atoms with van der Waals surface area (Å²) >= 11 is 15.1. The van der Waals surface area contributed by atoms with Crippen molar-refractivity contribution >= 4 is 74.0 Å². The van der Waals surface area contributed by atoms with E-state index in [9.17, 15) is 14.4 Å². The Morgan fingerprint density at radius 2 is 1.74 bits per heavy atom. The summed E-state index contributed by atoms with van der Waals surface area (Å²) in [6, 6.07) is 19.7. The predicted molar refractivity (Wildman–Crippen MR) is 143 cm³/mol. The zero-order valence-corrected chi connectivity index (χ0v) is 21.7. The van der Waals surface area contributed by atoms with E-state index in [1.165, 1.54) is 9.91 Å². The Bertz CT molecular complexity index is 1300. The topological polar surface area (TPSA) is 81.8 Å². The lowest BCUT2D eigenvalue weighted by molar-refractivity contribution is -0.124. The van der Waals surface area contributed by atoms with Gasteiger partial charge in [-0.15, -0.1) is 0 Å². The molecule has 3 aromatic carbocycles. The van der Waals surface area contributed by atoms with Crippen LogP contribution in [0.3, 0.4) is 0 Å². The normalized spacial score (nSPS) is 15.3. The van der Waals surface area contributed by atoms with Crippen LogP contribution in [0.2, 0.25) is 5.02 Å². The van der Waals surface area contributed by atoms with E-state index < -0.39 is 23.8 Å². The van der Waals surface area contributed by atoms with Gasteiger partial charge in [0.25, 0.3) is 11.8 Å². The van der Waals surface area contributed by atoms with Crippen LogP contribution in [-0.4, -0.2) is 33.9 Å². The maximum absolute atomic E-state index is 13.4. The standard InChI is InChI=1S/C25H20BrClN4O3S/c1-15-7-12-18(13-20(15)27)28-22(32)14-21-24(34)30(19-5-3-2-4-6-19)25(35)31(21)29-23(33)16-8-10-17(26)11-9-16/h2-13,21H,14H2,1H3,(H,28,32)(H,29,33). The van der Waals surface area contributed by atoms with Crippen LogP contribution in [0.15, 0.2) is 77.3 Å². The van der Waals surface area contributed by atoms with E-state index in [4.69, 9.17) is 23.8 Å². The summed E-state index contributed by atoms with van der Waals surface area (Å²) in [6.07, 6.45) is -0.242. The van der Waals surface area contributed by atoms with Crippen LogP contribution in [0.25, 0.3) is 0 Å². The van der Waals surface area contributed by atoms with Crippen LogP contribution >= 0.6 is 39.7 Å². The highest BCUT2D eigenvalue weighted by Crippen LogP contribution is 2.27. The smallest absolute Gasteiger partial charge is 0.269 e. The molecule has 1 heterocycles. The first-order valence-electron chi connectivity index (χ1n) is 10.6. The molecule has 2 N–H and O–H groups in total. The molecule has 3 aromatic rings. The van der Waals surface area contributed by atoms with E-state index in [1.54, 1.807) is 66.7 Å². The zero-order chi connectivity index (χ0) is 25.1. The lowest BCUT2D eigenvalue weighted by atomic mass is 10.1. The molecule has 7 nitrogen and oxygen atoms in total. The molecule has 4 rings (SSSR count). The number of amides is 3. The van der Waals surface area contributed by atoms with Crippen LogP contribution in [0, 0.1) is 6.92 Å². The van der Waals surface area contributed by atoms with Gasteiger partial charge in [0.15, 0.2) is 0 Å². The van der Waals surface area contributed by atoms with E-state index in [-0.39, 0.29) is 11.5 Å². The summed E-state index contributed by atoms with van der Waals surface area (Å²) in [4.78, 5) is 40.5. The number of carbonyl (C=O) groups is 3. The Hall–Kier alpha value is -3.27. The van der Waals surface area contributed by atoms with Gasteiger partial charge >= 0.3 is 0 Å². The number of anilines is 2. The van der Waals surface area contributed by atoms with Gasteiger partial charge in [-0.05, 0) is 73.2 Å². The Balaban J connectivity index is 1.58. The summed E-state index contributed by atoms with van der Waals surface area (Å²) < 4.78 is 0.821. The average Bonchev–Trinajstić information content (AvgIpc) is 3.06. The minimum Gasteiger partial charge on any atom is -0.326 e. The highest BCUT2D eigenvalue weighted by atomic mass is 79.9. The van der Waals surface area contributed by atoms with Crippen LogP contribution in [0.4, 0.5) is 11.4 Å². The Kier molecular flexibility index (Phi) is 7.49. The second-order valence-electron chi connectivity index (χ2n) is 7.84. The van der Waals surface area contributed by atoms with Crippen molar-refractivity contribution < 1.29 is 14.4 Å². The molecule has 1 unspecified atom stereocenters. The molecule has 35 heavy (non-hydrogen) atoms. The quantitative estimate of drug-likeness (QED) is 0.403. The number of para-hydroxylation sites is 1. The number of carbonyl (C=O) groups excluding carboxylic acids is 3. The summed E-state index contributed by atoms with van der Waals surface area (Å²) in [5.41, 5.74) is 5.00. The SMILES string of the molecule is Cc1ccc(NC(=O)CC2C(=O)N(c3ccccc3)C(=S)N2NC(=O)c2ccc(Br)cc2)cc1Cl. The number of halogens is 2. The second kappa shape index (κ2) is 10.6. The molecule has 1 aliphatic heterocycles. The minimum absolute atomic E-state index is 0.0721. The molecule has 0 radical (unpaired) electrons. The zero-order valence-electron chi connectivity index (χ0n) is 18.5. The molecule has 1 fully saturated rings. The van der Waals surface area contributed by atoms with Gasteiger partial charge in [-0.25, -0.2) is 5.01 Å². The molecule has 10 heteroatoms. The number of aryl methyl sites for hydroxylation is 1. The molecule has 0 spiro atoms. The third-order valence-electron chi connectivity index (χ3n) is 5.39. The van der Waals surface area contributed by atoms with Crippen LogP contribution in [0.1, 0.15) is 22.3 Å².